The zero-order chi connectivity index (χ0) is 14.2. The van der Waals surface area contributed by atoms with Crippen LogP contribution in [-0.4, -0.2) is 48.6 Å². The smallest absolute Gasteiger partial charge is 0.338 e. The minimum atomic E-state index is -3.83. The first kappa shape index (κ1) is 13.9. The topological polar surface area (TPSA) is 94.9 Å². The van der Waals surface area contributed by atoms with Gasteiger partial charge in [0, 0.05) is 25.6 Å². The van der Waals surface area contributed by atoms with Crippen molar-refractivity contribution in [1.29, 1.82) is 0 Å². The van der Waals surface area contributed by atoms with E-state index in [1.165, 1.54) is 0 Å². The third-order valence-electron chi connectivity index (χ3n) is 2.99. The van der Waals surface area contributed by atoms with Gasteiger partial charge in [0.05, 0.1) is 10.5 Å². The van der Waals surface area contributed by atoms with Crippen molar-refractivity contribution in [1.82, 2.24) is 4.31 Å². The molecule has 1 saturated heterocycles. The van der Waals surface area contributed by atoms with Crippen LogP contribution in [0.5, 0.6) is 0 Å². The molecule has 1 aliphatic rings. The number of carboxylic acids is 1. The second-order valence-electron chi connectivity index (χ2n) is 4.32. The molecular weight excluding hydrogens is 277 g/mol. The van der Waals surface area contributed by atoms with E-state index in [9.17, 15) is 17.6 Å². The van der Waals surface area contributed by atoms with Crippen LogP contribution < -0.4 is 0 Å². The molecule has 0 atom stereocenters. The van der Waals surface area contributed by atoms with Gasteiger partial charge in [-0.2, -0.15) is 4.31 Å². The molecule has 0 aromatic heterocycles. The summed E-state index contributed by atoms with van der Waals surface area (Å²) in [6.07, 6.45) is 0. The summed E-state index contributed by atoms with van der Waals surface area (Å²) in [6.45, 7) is 0.257. The van der Waals surface area contributed by atoms with Crippen LogP contribution in [0.2, 0.25) is 0 Å². The number of benzene rings is 1. The quantitative estimate of drug-likeness (QED) is 0.822. The molecule has 2 rings (SSSR count). The van der Waals surface area contributed by atoms with Crippen LogP contribution in [0.3, 0.4) is 0 Å². The van der Waals surface area contributed by atoms with Crippen molar-refractivity contribution in [2.45, 2.75) is 4.90 Å². The zero-order valence-electron chi connectivity index (χ0n) is 9.78. The fourth-order valence-electron chi connectivity index (χ4n) is 1.81. The molecule has 0 bridgehead atoms. The Morgan fingerprint density at radius 1 is 1.42 bits per heavy atom. The van der Waals surface area contributed by atoms with Gasteiger partial charge in [-0.1, -0.05) is 0 Å². The third-order valence-corrected chi connectivity index (χ3v) is 4.82. The van der Waals surface area contributed by atoms with Crippen LogP contribution >= 0.6 is 0 Å². The first-order chi connectivity index (χ1) is 8.86. The molecular formula is C11H12FNO5S. The second kappa shape index (κ2) is 4.87. The Hall–Kier alpha value is -1.51. The lowest BCUT2D eigenvalue weighted by Crippen LogP contribution is -2.51. The van der Waals surface area contributed by atoms with Gasteiger partial charge >= 0.3 is 5.97 Å². The van der Waals surface area contributed by atoms with Gasteiger partial charge in [0.25, 0.3) is 0 Å². The highest BCUT2D eigenvalue weighted by atomic mass is 32.2. The number of rotatable bonds is 4. The average molecular weight is 289 g/mol. The Morgan fingerprint density at radius 3 is 2.58 bits per heavy atom. The van der Waals surface area contributed by atoms with E-state index in [2.05, 4.69) is 0 Å². The largest absolute Gasteiger partial charge is 0.478 e. The number of aliphatic hydroxyl groups excluding tert-OH is 1. The van der Waals surface area contributed by atoms with Gasteiger partial charge in [-0.25, -0.2) is 17.6 Å². The number of hydrogen-bond acceptors (Lipinski definition) is 4. The Bertz CT molecular complexity index is 610. The molecule has 19 heavy (non-hydrogen) atoms. The van der Waals surface area contributed by atoms with Crippen LogP contribution in [0.25, 0.3) is 0 Å². The summed E-state index contributed by atoms with van der Waals surface area (Å²) in [5, 5.41) is 17.6. The number of aromatic carboxylic acids is 1. The number of carboxylic acid groups (broad SMARTS) is 1. The molecule has 0 unspecified atom stereocenters. The van der Waals surface area contributed by atoms with Crippen LogP contribution in [0.15, 0.2) is 23.1 Å². The highest BCUT2D eigenvalue weighted by molar-refractivity contribution is 7.89. The van der Waals surface area contributed by atoms with Gasteiger partial charge in [0.2, 0.25) is 10.0 Å². The maximum absolute atomic E-state index is 13.2. The molecule has 1 heterocycles. The first-order valence-electron chi connectivity index (χ1n) is 5.50. The lowest BCUT2D eigenvalue weighted by atomic mass is 10.1. The average Bonchev–Trinajstić information content (AvgIpc) is 2.27. The van der Waals surface area contributed by atoms with Crippen molar-refractivity contribution >= 4 is 16.0 Å². The van der Waals surface area contributed by atoms with Gasteiger partial charge in [0.1, 0.15) is 5.82 Å². The molecule has 1 fully saturated rings. The molecule has 1 aliphatic heterocycles. The van der Waals surface area contributed by atoms with Gasteiger partial charge < -0.3 is 10.2 Å². The summed E-state index contributed by atoms with van der Waals surface area (Å²) in [6, 6.07) is 2.66. The summed E-state index contributed by atoms with van der Waals surface area (Å²) >= 11 is 0. The van der Waals surface area contributed by atoms with Crippen molar-refractivity contribution in [3.05, 3.63) is 29.6 Å². The molecule has 0 radical (unpaired) electrons. The Labute approximate surface area is 109 Å². The molecule has 104 valence electrons. The van der Waals surface area contributed by atoms with Crippen molar-refractivity contribution in [3.63, 3.8) is 0 Å². The van der Waals surface area contributed by atoms with Gasteiger partial charge in [-0.05, 0) is 18.2 Å². The van der Waals surface area contributed by atoms with Crippen LogP contribution in [0.4, 0.5) is 4.39 Å². The minimum Gasteiger partial charge on any atom is -0.478 e. The summed E-state index contributed by atoms with van der Waals surface area (Å²) in [5.74, 6) is -2.61. The van der Waals surface area contributed by atoms with Crippen molar-refractivity contribution < 1.29 is 27.8 Å². The number of carbonyl (C=O) groups is 1. The Balaban J connectivity index is 2.32. The summed E-state index contributed by atoms with van der Waals surface area (Å²) in [7, 11) is -3.83. The molecule has 6 nitrogen and oxygen atoms in total. The van der Waals surface area contributed by atoms with E-state index in [0.717, 1.165) is 22.5 Å². The molecule has 1 aromatic carbocycles. The van der Waals surface area contributed by atoms with Crippen molar-refractivity contribution in [2.24, 2.45) is 5.92 Å². The fourth-order valence-corrected chi connectivity index (χ4v) is 3.43. The van der Waals surface area contributed by atoms with Crippen LogP contribution in [0.1, 0.15) is 10.4 Å². The first-order valence-corrected chi connectivity index (χ1v) is 6.94. The predicted molar refractivity (Wildman–Crippen MR) is 62.7 cm³/mol. The van der Waals surface area contributed by atoms with E-state index in [0.29, 0.717) is 0 Å². The molecule has 1 aromatic rings. The number of halogens is 1. The second-order valence-corrected chi connectivity index (χ2v) is 6.26. The number of nitrogens with zero attached hydrogens (tertiary/aromatic N) is 1. The summed E-state index contributed by atoms with van der Waals surface area (Å²) < 4.78 is 38.5. The van der Waals surface area contributed by atoms with Crippen molar-refractivity contribution in [2.75, 3.05) is 19.7 Å². The molecule has 0 amide bonds. The van der Waals surface area contributed by atoms with Gasteiger partial charge in [-0.15, -0.1) is 0 Å². The summed E-state index contributed by atoms with van der Waals surface area (Å²) in [4.78, 5) is 10.5. The zero-order valence-corrected chi connectivity index (χ0v) is 10.6. The SMILES string of the molecule is O=C(O)c1cc(S(=O)(=O)N2CC(CO)C2)ccc1F. The van der Waals surface area contributed by atoms with Crippen LogP contribution in [0, 0.1) is 11.7 Å². The molecule has 8 heteroatoms. The lowest BCUT2D eigenvalue weighted by molar-refractivity contribution is 0.0691. The minimum absolute atomic E-state index is 0.101. The Morgan fingerprint density at radius 2 is 2.05 bits per heavy atom. The monoisotopic (exact) mass is 289 g/mol. The predicted octanol–water partition coefficient (Wildman–Crippen LogP) is 0.137. The molecule has 0 saturated carbocycles. The highest BCUT2D eigenvalue weighted by Gasteiger charge is 2.36. The molecule has 0 aliphatic carbocycles. The molecule has 2 N–H and O–H groups in total. The number of sulfonamides is 1. The molecule has 0 spiro atoms. The highest BCUT2D eigenvalue weighted by Crippen LogP contribution is 2.26. The van der Waals surface area contributed by atoms with E-state index >= 15 is 0 Å². The van der Waals surface area contributed by atoms with E-state index in [1.807, 2.05) is 0 Å². The van der Waals surface area contributed by atoms with Crippen molar-refractivity contribution in [3.8, 4) is 0 Å². The third kappa shape index (κ3) is 2.46. The van der Waals surface area contributed by atoms with Gasteiger partial charge in [0.15, 0.2) is 0 Å². The maximum atomic E-state index is 13.2. The number of hydrogen-bond donors (Lipinski definition) is 2. The van der Waals surface area contributed by atoms with E-state index in [1.54, 1.807) is 0 Å². The summed E-state index contributed by atoms with van der Waals surface area (Å²) in [5.41, 5.74) is -0.680. The Kier molecular flexibility index (Phi) is 3.57. The lowest BCUT2D eigenvalue weighted by Gasteiger charge is -2.36. The normalized spacial score (nSPS) is 17.2. The standard InChI is InChI=1S/C11H12FNO5S/c12-10-2-1-8(3-9(10)11(15)16)19(17,18)13-4-7(5-13)6-14/h1-3,7,14H,4-6H2,(H,15,16). The maximum Gasteiger partial charge on any atom is 0.338 e. The fraction of sp³-hybridized carbons (Fsp3) is 0.364. The van der Waals surface area contributed by atoms with Gasteiger partial charge in [-0.3, -0.25) is 0 Å². The van der Waals surface area contributed by atoms with Crippen LogP contribution in [-0.2, 0) is 10.0 Å². The van der Waals surface area contributed by atoms with E-state index in [4.69, 9.17) is 10.2 Å². The number of aliphatic hydroxyl groups is 1. The van der Waals surface area contributed by atoms with E-state index < -0.39 is 27.4 Å². The van der Waals surface area contributed by atoms with E-state index in [-0.39, 0.29) is 30.5 Å².